The lowest BCUT2D eigenvalue weighted by Crippen LogP contribution is -2.61. The van der Waals surface area contributed by atoms with Gasteiger partial charge in [0, 0.05) is 47.6 Å². The van der Waals surface area contributed by atoms with Gasteiger partial charge in [-0.15, -0.1) is 0 Å². The van der Waals surface area contributed by atoms with Crippen molar-refractivity contribution in [3.05, 3.63) is 65.9 Å². The Bertz CT molecular complexity index is 4020. The van der Waals surface area contributed by atoms with Crippen molar-refractivity contribution in [3.63, 3.8) is 0 Å². The molecule has 0 aliphatic carbocycles. The minimum absolute atomic E-state index is 0.0168. The van der Waals surface area contributed by atoms with E-state index in [-0.39, 0.29) is 43.5 Å². The van der Waals surface area contributed by atoms with Gasteiger partial charge in [0.25, 0.3) is 0 Å². The van der Waals surface area contributed by atoms with Gasteiger partial charge in [-0.1, -0.05) is 82.7 Å². The van der Waals surface area contributed by atoms with Gasteiger partial charge in [0.05, 0.1) is 57.9 Å². The Morgan fingerprint density at radius 1 is 0.440 bits per heavy atom. The highest BCUT2D eigenvalue weighted by molar-refractivity contribution is 6.05. The molecular formula is C72H103N17O27. The number of nitrogens with two attached hydrogens (primary N) is 3. The number of hydrogen-bond acceptors (Lipinski definition) is 24. The molecule has 13 unspecified atom stereocenters. The number of carbonyl (C=O) groups excluding carboxylic acids is 15. The van der Waals surface area contributed by atoms with E-state index < -0.39 is 255 Å². The number of aromatic amines is 1. The predicted molar refractivity (Wildman–Crippen MR) is 404 cm³/mol. The van der Waals surface area contributed by atoms with E-state index in [1.165, 1.54) is 24.3 Å². The summed E-state index contributed by atoms with van der Waals surface area (Å²) in [6.07, 6.45) is -0.693. The zero-order valence-electron chi connectivity index (χ0n) is 64.1. The second kappa shape index (κ2) is 49.7. The van der Waals surface area contributed by atoms with Crippen LogP contribution in [-0.2, 0) is 97.5 Å². The van der Waals surface area contributed by atoms with Gasteiger partial charge in [-0.05, 0) is 69.3 Å². The maximum absolute atomic E-state index is 14.1. The van der Waals surface area contributed by atoms with E-state index in [1.807, 2.05) is 16.0 Å². The highest BCUT2D eigenvalue weighted by atomic mass is 16.4. The molecule has 0 bridgehead atoms. The number of aliphatic carboxylic acids is 5. The second-order valence-corrected chi connectivity index (χ2v) is 27.2. The van der Waals surface area contributed by atoms with Crippen LogP contribution < -0.4 is 86.3 Å². The summed E-state index contributed by atoms with van der Waals surface area (Å²) in [5, 5.41) is 97.9. The third-order valence-electron chi connectivity index (χ3n) is 17.6. The number of carboxylic acid groups (broad SMARTS) is 5. The lowest BCUT2D eigenvalue weighted by Gasteiger charge is -2.27. The van der Waals surface area contributed by atoms with Crippen LogP contribution in [0.3, 0.4) is 0 Å². The first-order valence-electron chi connectivity index (χ1n) is 36.9. The number of rotatable bonds is 55. The Morgan fingerprint density at radius 2 is 0.897 bits per heavy atom. The number of amides is 14. The molecule has 1 aromatic heterocycles. The predicted octanol–water partition coefficient (Wildman–Crippen LogP) is -6.10. The van der Waals surface area contributed by atoms with Crippen molar-refractivity contribution in [1.29, 1.82) is 0 Å². The summed E-state index contributed by atoms with van der Waals surface area (Å²) < 4.78 is 0. The summed E-state index contributed by atoms with van der Waals surface area (Å²) in [5.74, 6) is -27.9. The molecule has 638 valence electrons. The molecule has 3 rings (SSSR count). The number of unbranched alkanes of at least 4 members (excludes halogenated alkanes) is 6. The van der Waals surface area contributed by atoms with E-state index >= 15 is 0 Å². The van der Waals surface area contributed by atoms with Gasteiger partial charge in [-0.2, -0.15) is 0 Å². The third-order valence-corrected chi connectivity index (χ3v) is 17.6. The molecule has 2 aromatic carbocycles. The Hall–Kier alpha value is -12.7. The Morgan fingerprint density at radius 3 is 1.44 bits per heavy atom. The smallest absolute Gasteiger partial charge is 0.326 e. The maximum atomic E-state index is 14.1. The number of aromatic nitrogens is 1. The first-order valence-corrected chi connectivity index (χ1v) is 36.9. The van der Waals surface area contributed by atoms with E-state index in [2.05, 4.69) is 65.1 Å². The molecule has 3 aromatic rings. The summed E-state index contributed by atoms with van der Waals surface area (Å²) in [6.45, 7) is 1.60. The van der Waals surface area contributed by atoms with Crippen LogP contribution >= 0.6 is 0 Å². The first-order chi connectivity index (χ1) is 54.7. The number of carbonyl (C=O) groups is 20. The highest BCUT2D eigenvalue weighted by Gasteiger charge is 2.39. The molecule has 13 atom stereocenters. The number of para-hydroxylation sites is 2. The average Bonchev–Trinajstić information content (AvgIpc) is 1.68. The molecule has 0 fully saturated rings. The largest absolute Gasteiger partial charge is 0.481 e. The van der Waals surface area contributed by atoms with E-state index in [0.717, 1.165) is 59.3 Å². The van der Waals surface area contributed by atoms with Gasteiger partial charge in [0.1, 0.15) is 66.5 Å². The number of fused-ring (bicyclic) bond motifs is 1. The van der Waals surface area contributed by atoms with E-state index in [9.17, 15) is 132 Å². The lowest BCUT2D eigenvalue weighted by molar-refractivity contribution is -0.143. The van der Waals surface area contributed by atoms with Crippen LogP contribution in [0, 0.1) is 5.92 Å². The minimum Gasteiger partial charge on any atom is -0.481 e. The van der Waals surface area contributed by atoms with Crippen LogP contribution in [0.2, 0.25) is 0 Å². The molecule has 44 heteroatoms. The fourth-order valence-electron chi connectivity index (χ4n) is 11.4. The van der Waals surface area contributed by atoms with Crippen molar-refractivity contribution < 1.29 is 132 Å². The number of aliphatic hydroxyl groups excluding tert-OH is 2. The molecule has 27 N–H and O–H groups in total. The van der Waals surface area contributed by atoms with Crippen LogP contribution in [0.4, 0.5) is 5.69 Å². The molecule has 0 saturated carbocycles. The van der Waals surface area contributed by atoms with Crippen molar-refractivity contribution in [2.45, 2.75) is 209 Å². The van der Waals surface area contributed by atoms with Crippen LogP contribution in [0.1, 0.15) is 146 Å². The zero-order chi connectivity index (χ0) is 87.1. The van der Waals surface area contributed by atoms with Gasteiger partial charge in [-0.25, -0.2) is 4.79 Å². The van der Waals surface area contributed by atoms with Gasteiger partial charge in [0.2, 0.25) is 82.7 Å². The average molecular weight is 1640 g/mol. The number of aliphatic hydroxyl groups is 2. The number of ketones is 1. The minimum atomic E-state index is -2.13. The Kier molecular flexibility index (Phi) is 41.7. The van der Waals surface area contributed by atoms with E-state index in [4.69, 9.17) is 17.2 Å². The van der Waals surface area contributed by atoms with Crippen molar-refractivity contribution in [3.8, 4) is 0 Å². The van der Waals surface area contributed by atoms with E-state index in [1.54, 1.807) is 30.5 Å². The highest BCUT2D eigenvalue weighted by Crippen LogP contribution is 2.21. The van der Waals surface area contributed by atoms with Gasteiger partial charge >= 0.3 is 29.8 Å². The van der Waals surface area contributed by atoms with E-state index in [0.29, 0.717) is 22.9 Å². The van der Waals surface area contributed by atoms with Gasteiger partial charge < -0.3 is 127 Å². The third kappa shape index (κ3) is 34.7. The SMILES string of the molecule is CCCCCCCCCC(=O)NC(Cc1c[nH]c2ccccc12)C(=O)NC(CC(N)=O)C(=O)NC(CC(=O)O)C(=O)NC(C(=O)NCC(=O)NC(CCCN)C(=O)NC(CC(=O)O)C(=O)NC(C)C(=O)NC(CC(=O)O)C(=O)NCC(=O)NC(CO)C(=O)NC(C(=O)NC(CC(=O)c1ccccc1N)C(=O)O)C(C)CC(=O)O)C(C)O. The molecule has 44 nitrogen and oxygen atoms in total. The Balaban J connectivity index is 1.70. The lowest BCUT2D eigenvalue weighted by atomic mass is 9.96. The molecule has 0 aliphatic heterocycles. The number of nitrogen functional groups attached to an aromatic ring is 1. The number of nitrogens with one attached hydrogen (secondary N) is 14. The number of carboxylic acids is 5. The second-order valence-electron chi connectivity index (χ2n) is 27.2. The number of hydrogen-bond donors (Lipinski definition) is 24. The summed E-state index contributed by atoms with van der Waals surface area (Å²) in [6, 6.07) is -8.39. The molecule has 0 saturated heterocycles. The van der Waals surface area contributed by atoms with Gasteiger partial charge in [0.15, 0.2) is 5.78 Å². The quantitative estimate of drug-likeness (QED) is 0.0142. The van der Waals surface area contributed by atoms with Gasteiger partial charge in [-0.3, -0.25) is 91.1 Å². The summed E-state index contributed by atoms with van der Waals surface area (Å²) in [5.41, 5.74) is 18.1. The number of Topliss-reactive ketones (excluding diaryl/α,β-unsaturated/α-hetero) is 1. The van der Waals surface area contributed by atoms with Crippen LogP contribution in [-0.4, -0.2) is 258 Å². The van der Waals surface area contributed by atoms with Crippen LogP contribution in [0.5, 0.6) is 0 Å². The number of primary amides is 1. The monoisotopic (exact) mass is 1640 g/mol. The standard InChI is InChI=1S/C72H103N17O27/c1-5-6-7-8-9-10-11-22-53(94)81-44(25-38-31-76-42-20-15-13-17-39(38)42)66(109)84-45(27-52(75)93)67(110)86-48(30-59(103)104)68(111)89-61(37(4)91)70(113)78-33-54(95)80-43(21-16-23-73)64(107)85-47(29-58(101)102)65(108)79-36(3)62(105)83-46(28-57(99)100)63(106)77-32-55(96)82-50(34-90)69(112)88-60(35(2)24-56(97)98)71(114)87-49(72(115)116)26-51(92)40-18-12-14-19-41(40)74/h12-15,17-20,31,35-37,43-50,60-61,76,90-91H,5-11,16,21-30,32-34,73-74H2,1-4H3,(H2,75,93)(H,77,106)(H,78,113)(H,79,108)(H,80,95)(H,81,94)(H,82,96)(H,83,105)(H,84,109)(H,85,107)(H,86,110)(H,87,114)(H,88,112)(H,89,111)(H,97,98)(H,99,100)(H,101,102)(H,103,104)(H,115,116). The van der Waals surface area contributed by atoms with Crippen LogP contribution in [0.25, 0.3) is 10.9 Å². The fraction of sp³-hybridized carbons (Fsp3) is 0.528. The number of H-pyrrole nitrogens is 1. The molecular weight excluding hydrogens is 1530 g/mol. The zero-order valence-corrected chi connectivity index (χ0v) is 64.1. The molecule has 14 amide bonds. The maximum Gasteiger partial charge on any atom is 0.326 e. The van der Waals surface area contributed by atoms with Crippen LogP contribution in [0.15, 0.2) is 54.7 Å². The first kappa shape index (κ1) is 97.5. The summed E-state index contributed by atoms with van der Waals surface area (Å²) >= 11 is 0. The molecule has 116 heavy (non-hydrogen) atoms. The molecule has 0 aliphatic rings. The number of benzene rings is 2. The van der Waals surface area contributed by atoms with Crippen molar-refractivity contribution in [2.24, 2.45) is 17.4 Å². The molecule has 0 spiro atoms. The normalized spacial score (nSPS) is 14.3. The fourth-order valence-corrected chi connectivity index (χ4v) is 11.4. The summed E-state index contributed by atoms with van der Waals surface area (Å²) in [7, 11) is 0. The molecule has 1 heterocycles. The van der Waals surface area contributed by atoms with Crippen molar-refractivity contribution in [2.75, 3.05) is 32.0 Å². The van der Waals surface area contributed by atoms with Crippen molar-refractivity contribution >= 4 is 135 Å². The number of anilines is 1. The topological polar surface area (TPSA) is 733 Å². The summed E-state index contributed by atoms with van der Waals surface area (Å²) in [4.78, 5) is 265. The molecule has 0 radical (unpaired) electrons. The van der Waals surface area contributed by atoms with Crippen molar-refractivity contribution in [1.82, 2.24) is 74.1 Å². The Labute approximate surface area is 663 Å².